The van der Waals surface area contributed by atoms with Gasteiger partial charge < -0.3 is 4.57 Å². The minimum Gasteiger partial charge on any atom is -0.312 e. The summed E-state index contributed by atoms with van der Waals surface area (Å²) in [5, 5.41) is 3.86. The van der Waals surface area contributed by atoms with Crippen LogP contribution in [0.5, 0.6) is 0 Å². The molecule has 0 spiro atoms. The molecule has 0 radical (unpaired) electrons. The van der Waals surface area contributed by atoms with Crippen molar-refractivity contribution >= 4 is 22.6 Å². The number of alkyl halides is 3. The van der Waals surface area contributed by atoms with Gasteiger partial charge in [0.25, 0.3) is 0 Å². The van der Waals surface area contributed by atoms with Crippen LogP contribution in [0, 0.1) is 0 Å². The summed E-state index contributed by atoms with van der Waals surface area (Å²) in [6, 6.07) is 6.44. The summed E-state index contributed by atoms with van der Waals surface area (Å²) >= 11 is 6.19. The van der Waals surface area contributed by atoms with E-state index in [1.807, 2.05) is 24.5 Å². The molecule has 3 rings (SSSR count). The second-order valence-electron chi connectivity index (χ2n) is 5.55. The number of nitrogens with zero attached hydrogens (tertiary/aromatic N) is 4. The maximum atomic E-state index is 12.9. The number of aromatic nitrogens is 4. The van der Waals surface area contributed by atoms with Crippen LogP contribution in [-0.4, -0.2) is 19.3 Å². The molecule has 4 nitrogen and oxygen atoms in total. The van der Waals surface area contributed by atoms with Gasteiger partial charge in [-0.15, -0.1) is 0 Å². The summed E-state index contributed by atoms with van der Waals surface area (Å²) in [7, 11) is 1.48. The highest BCUT2D eigenvalue weighted by atomic mass is 35.5. The number of para-hydroxylation sites is 1. The van der Waals surface area contributed by atoms with E-state index < -0.39 is 11.9 Å². The van der Waals surface area contributed by atoms with Crippen LogP contribution >= 0.6 is 11.6 Å². The maximum Gasteiger partial charge on any atom is 0.435 e. The fourth-order valence-electron chi connectivity index (χ4n) is 2.64. The highest BCUT2D eigenvalue weighted by molar-refractivity contribution is 6.29. The standard InChI is InChI=1S/C15H14ClF3N4/c1-8(2)23-10-6-4-5-9(13(10)20-14(23)16)11-7-12(15(17,18)19)21-22(11)3/h4-8H,1-3H3. The predicted molar refractivity (Wildman–Crippen MR) is 82.3 cm³/mol. The van der Waals surface area contributed by atoms with Gasteiger partial charge in [-0.3, -0.25) is 4.68 Å². The Bertz CT molecular complexity index is 877. The number of hydrogen-bond donors (Lipinski definition) is 0. The molecule has 2 aromatic heterocycles. The highest BCUT2D eigenvalue weighted by Crippen LogP contribution is 2.35. The lowest BCUT2D eigenvalue weighted by Gasteiger charge is -2.10. The maximum absolute atomic E-state index is 12.9. The summed E-state index contributed by atoms with van der Waals surface area (Å²) in [4.78, 5) is 4.33. The number of rotatable bonds is 2. The molecule has 0 aliphatic carbocycles. The van der Waals surface area contributed by atoms with Crippen molar-refractivity contribution in [3.63, 3.8) is 0 Å². The monoisotopic (exact) mass is 342 g/mol. The van der Waals surface area contributed by atoms with Crippen molar-refractivity contribution in [3.8, 4) is 11.3 Å². The van der Waals surface area contributed by atoms with Crippen molar-refractivity contribution in [2.45, 2.75) is 26.1 Å². The number of imidazole rings is 1. The van der Waals surface area contributed by atoms with E-state index in [9.17, 15) is 13.2 Å². The minimum absolute atomic E-state index is 0.0834. The van der Waals surface area contributed by atoms with Gasteiger partial charge >= 0.3 is 6.18 Å². The van der Waals surface area contributed by atoms with E-state index in [-0.39, 0.29) is 6.04 Å². The summed E-state index contributed by atoms with van der Waals surface area (Å²) in [5.74, 6) is 0. The molecule has 0 bridgehead atoms. The van der Waals surface area contributed by atoms with Crippen molar-refractivity contribution in [1.82, 2.24) is 19.3 Å². The third-order valence-electron chi connectivity index (χ3n) is 3.64. The SMILES string of the molecule is CC(C)n1c(Cl)nc2c(-c3cc(C(F)(F)F)nn3C)cccc21. The van der Waals surface area contributed by atoms with Crippen molar-refractivity contribution < 1.29 is 13.2 Å². The van der Waals surface area contributed by atoms with Gasteiger partial charge in [0.1, 0.15) is 0 Å². The van der Waals surface area contributed by atoms with E-state index in [1.54, 1.807) is 12.1 Å². The lowest BCUT2D eigenvalue weighted by Crippen LogP contribution is -2.06. The van der Waals surface area contributed by atoms with Crippen molar-refractivity contribution in [1.29, 1.82) is 0 Å². The lowest BCUT2D eigenvalue weighted by atomic mass is 10.1. The van der Waals surface area contributed by atoms with Crippen LogP contribution in [-0.2, 0) is 13.2 Å². The third kappa shape index (κ3) is 2.59. The van der Waals surface area contributed by atoms with Gasteiger partial charge in [-0.25, -0.2) is 4.98 Å². The van der Waals surface area contributed by atoms with Gasteiger partial charge in [0.2, 0.25) is 5.28 Å². The Kier molecular flexibility index (Phi) is 3.63. The van der Waals surface area contributed by atoms with E-state index in [1.165, 1.54) is 11.7 Å². The molecule has 0 unspecified atom stereocenters. The topological polar surface area (TPSA) is 35.6 Å². The van der Waals surface area contributed by atoms with E-state index in [4.69, 9.17) is 11.6 Å². The number of fused-ring (bicyclic) bond motifs is 1. The van der Waals surface area contributed by atoms with Crippen LogP contribution in [0.2, 0.25) is 5.28 Å². The summed E-state index contributed by atoms with van der Waals surface area (Å²) in [6.45, 7) is 3.93. The molecule has 122 valence electrons. The van der Waals surface area contributed by atoms with Crippen LogP contribution in [0.3, 0.4) is 0 Å². The molecule has 0 aliphatic rings. The molecule has 0 aliphatic heterocycles. The fraction of sp³-hybridized carbons (Fsp3) is 0.333. The Balaban J connectivity index is 2.26. The van der Waals surface area contributed by atoms with Gasteiger partial charge in [0, 0.05) is 18.7 Å². The van der Waals surface area contributed by atoms with E-state index in [0.29, 0.717) is 22.1 Å². The lowest BCUT2D eigenvalue weighted by molar-refractivity contribution is -0.141. The van der Waals surface area contributed by atoms with Crippen LogP contribution < -0.4 is 0 Å². The first kappa shape index (κ1) is 15.9. The molecule has 0 amide bonds. The molecule has 1 aromatic carbocycles. The molecule has 23 heavy (non-hydrogen) atoms. The molecule has 0 saturated heterocycles. The average molecular weight is 343 g/mol. The van der Waals surface area contributed by atoms with Crippen LogP contribution in [0.1, 0.15) is 25.6 Å². The first-order chi connectivity index (χ1) is 10.7. The van der Waals surface area contributed by atoms with Crippen LogP contribution in [0.4, 0.5) is 13.2 Å². The van der Waals surface area contributed by atoms with Gasteiger partial charge in [0.05, 0.1) is 16.7 Å². The normalized spacial score (nSPS) is 12.5. The smallest absolute Gasteiger partial charge is 0.312 e. The van der Waals surface area contributed by atoms with Gasteiger partial charge in [-0.2, -0.15) is 18.3 Å². The van der Waals surface area contributed by atoms with E-state index in [2.05, 4.69) is 10.1 Å². The number of aryl methyl sites for hydroxylation is 1. The molecule has 8 heteroatoms. The molecule has 0 saturated carbocycles. The van der Waals surface area contributed by atoms with Gasteiger partial charge in [-0.1, -0.05) is 12.1 Å². The molecule has 3 aromatic rings. The minimum atomic E-state index is -4.49. The largest absolute Gasteiger partial charge is 0.435 e. The van der Waals surface area contributed by atoms with Crippen molar-refractivity contribution in [2.75, 3.05) is 0 Å². The second kappa shape index (κ2) is 5.26. The fourth-order valence-corrected chi connectivity index (χ4v) is 3.02. The Morgan fingerprint density at radius 2 is 1.91 bits per heavy atom. The summed E-state index contributed by atoms with van der Waals surface area (Å²) < 4.78 is 41.6. The zero-order chi connectivity index (χ0) is 16.9. The molecule has 0 N–H and O–H groups in total. The number of halogens is 4. The number of benzene rings is 1. The Hall–Kier alpha value is -2.02. The molecule has 0 atom stereocenters. The summed E-state index contributed by atoms with van der Waals surface area (Å²) in [6.07, 6.45) is -4.49. The third-order valence-corrected chi connectivity index (χ3v) is 3.91. The number of hydrogen-bond acceptors (Lipinski definition) is 2. The van der Waals surface area contributed by atoms with Crippen LogP contribution in [0.15, 0.2) is 24.3 Å². The van der Waals surface area contributed by atoms with Crippen molar-refractivity contribution in [2.24, 2.45) is 7.05 Å². The van der Waals surface area contributed by atoms with Crippen LogP contribution in [0.25, 0.3) is 22.3 Å². The van der Waals surface area contributed by atoms with Crippen molar-refractivity contribution in [3.05, 3.63) is 35.2 Å². The first-order valence-corrected chi connectivity index (χ1v) is 7.36. The average Bonchev–Trinajstić information content (AvgIpc) is 2.97. The summed E-state index contributed by atoms with van der Waals surface area (Å²) in [5.41, 5.74) is 1.31. The van der Waals surface area contributed by atoms with Gasteiger partial charge in [-0.05, 0) is 37.6 Å². The Morgan fingerprint density at radius 1 is 1.22 bits per heavy atom. The van der Waals surface area contributed by atoms with Gasteiger partial charge in [0.15, 0.2) is 5.69 Å². The quantitative estimate of drug-likeness (QED) is 0.677. The Labute approximate surface area is 135 Å². The zero-order valence-electron chi connectivity index (χ0n) is 12.7. The van der Waals surface area contributed by atoms with E-state index >= 15 is 0 Å². The first-order valence-electron chi connectivity index (χ1n) is 6.98. The van der Waals surface area contributed by atoms with E-state index in [0.717, 1.165) is 11.6 Å². The molecular formula is C15H14ClF3N4. The Morgan fingerprint density at radius 3 is 2.48 bits per heavy atom. The zero-order valence-corrected chi connectivity index (χ0v) is 13.4. The molecule has 0 fully saturated rings. The highest BCUT2D eigenvalue weighted by Gasteiger charge is 2.35. The second-order valence-corrected chi connectivity index (χ2v) is 5.89. The molecule has 2 heterocycles. The molecular weight excluding hydrogens is 329 g/mol. The predicted octanol–water partition coefficient (Wildman–Crippen LogP) is 4.69.